The van der Waals surface area contributed by atoms with E-state index in [1.807, 2.05) is 39.0 Å². The van der Waals surface area contributed by atoms with E-state index in [0.717, 1.165) is 28.4 Å². The summed E-state index contributed by atoms with van der Waals surface area (Å²) >= 11 is 0. The summed E-state index contributed by atoms with van der Waals surface area (Å²) in [7, 11) is 1.59. The molecule has 5 nitrogen and oxygen atoms in total. The molecule has 1 aromatic heterocycles. The number of H-pyrrole nitrogens is 1. The van der Waals surface area contributed by atoms with E-state index in [0.29, 0.717) is 12.8 Å². The SMILES string of the molecule is CC.CNC(=O)CCC(C=O)c1[nH]nc2cc(C)ccc12. The molecule has 1 amide bonds. The quantitative estimate of drug-likeness (QED) is 0.831. The Kier molecular flexibility index (Phi) is 6.59. The minimum absolute atomic E-state index is 0.0634. The smallest absolute Gasteiger partial charge is 0.219 e. The zero-order chi connectivity index (χ0) is 15.8. The first-order valence-electron chi connectivity index (χ1n) is 7.26. The molecule has 0 fully saturated rings. The number of fused-ring (bicyclic) bond motifs is 1. The Morgan fingerprint density at radius 2 is 2.14 bits per heavy atom. The first-order valence-corrected chi connectivity index (χ1v) is 7.26. The van der Waals surface area contributed by atoms with Gasteiger partial charge in [-0.15, -0.1) is 0 Å². The average Bonchev–Trinajstić information content (AvgIpc) is 2.92. The Hall–Kier alpha value is -2.17. The molecule has 0 aliphatic heterocycles. The highest BCUT2D eigenvalue weighted by Gasteiger charge is 2.17. The molecule has 21 heavy (non-hydrogen) atoms. The van der Waals surface area contributed by atoms with Crippen LogP contribution < -0.4 is 5.32 Å². The molecule has 0 spiro atoms. The molecule has 5 heteroatoms. The molecule has 0 saturated carbocycles. The summed E-state index contributed by atoms with van der Waals surface area (Å²) < 4.78 is 0. The lowest BCUT2D eigenvalue weighted by molar-refractivity contribution is -0.120. The van der Waals surface area contributed by atoms with Crippen molar-refractivity contribution in [2.24, 2.45) is 0 Å². The van der Waals surface area contributed by atoms with Crippen molar-refractivity contribution in [2.75, 3.05) is 7.05 Å². The number of benzene rings is 1. The van der Waals surface area contributed by atoms with Crippen LogP contribution in [0.1, 0.15) is 43.9 Å². The predicted octanol–water partition coefficient (Wildman–Crippen LogP) is 2.71. The first kappa shape index (κ1) is 16.9. The maximum atomic E-state index is 11.3. The fourth-order valence-corrected chi connectivity index (χ4v) is 2.12. The average molecular weight is 289 g/mol. The molecule has 2 N–H and O–H groups in total. The highest BCUT2D eigenvalue weighted by atomic mass is 16.1. The molecule has 1 unspecified atom stereocenters. The largest absolute Gasteiger partial charge is 0.359 e. The number of hydrogen-bond acceptors (Lipinski definition) is 3. The van der Waals surface area contributed by atoms with E-state index >= 15 is 0 Å². The molecule has 2 rings (SSSR count). The van der Waals surface area contributed by atoms with Crippen LogP contribution in [0, 0.1) is 6.92 Å². The van der Waals surface area contributed by atoms with E-state index in [2.05, 4.69) is 15.5 Å². The van der Waals surface area contributed by atoms with Crippen LogP contribution in [0.3, 0.4) is 0 Å². The number of carbonyl (C=O) groups excluding carboxylic acids is 2. The third-order valence-electron chi connectivity index (χ3n) is 3.24. The van der Waals surface area contributed by atoms with Gasteiger partial charge in [-0.2, -0.15) is 5.10 Å². The topological polar surface area (TPSA) is 74.8 Å². The van der Waals surface area contributed by atoms with Gasteiger partial charge in [-0.3, -0.25) is 9.89 Å². The maximum absolute atomic E-state index is 11.3. The Labute approximate surface area is 125 Å². The van der Waals surface area contributed by atoms with Crippen molar-refractivity contribution >= 4 is 23.1 Å². The molecular formula is C16H23N3O2. The van der Waals surface area contributed by atoms with Crippen LogP contribution in [0.5, 0.6) is 0 Å². The van der Waals surface area contributed by atoms with Crippen molar-refractivity contribution in [3.8, 4) is 0 Å². The first-order chi connectivity index (χ1) is 10.2. The van der Waals surface area contributed by atoms with Crippen LogP contribution in [-0.4, -0.2) is 29.4 Å². The highest BCUT2D eigenvalue weighted by Crippen LogP contribution is 2.25. The van der Waals surface area contributed by atoms with E-state index in [4.69, 9.17) is 0 Å². The van der Waals surface area contributed by atoms with Crippen LogP contribution in [0.4, 0.5) is 0 Å². The molecule has 1 heterocycles. The molecule has 114 valence electrons. The van der Waals surface area contributed by atoms with Gasteiger partial charge in [-0.25, -0.2) is 0 Å². The van der Waals surface area contributed by atoms with Crippen LogP contribution in [0.15, 0.2) is 18.2 Å². The second kappa shape index (κ2) is 8.19. The molecule has 0 aliphatic rings. The number of nitrogens with one attached hydrogen (secondary N) is 2. The van der Waals surface area contributed by atoms with Gasteiger partial charge in [0.2, 0.25) is 5.91 Å². The Morgan fingerprint density at radius 3 is 2.76 bits per heavy atom. The van der Waals surface area contributed by atoms with Gasteiger partial charge in [-0.05, 0) is 25.0 Å². The summed E-state index contributed by atoms with van der Waals surface area (Å²) in [4.78, 5) is 22.5. The molecule has 1 atom stereocenters. The number of aryl methyl sites for hydroxylation is 1. The van der Waals surface area contributed by atoms with Gasteiger partial charge in [0, 0.05) is 18.9 Å². The van der Waals surface area contributed by atoms with E-state index < -0.39 is 0 Å². The van der Waals surface area contributed by atoms with Crippen molar-refractivity contribution in [2.45, 2.75) is 39.5 Å². The van der Waals surface area contributed by atoms with Gasteiger partial charge in [0.15, 0.2) is 0 Å². The lowest BCUT2D eigenvalue weighted by Gasteiger charge is -2.08. The molecule has 1 aromatic carbocycles. The summed E-state index contributed by atoms with van der Waals surface area (Å²) in [6.07, 6.45) is 1.68. The molecule has 0 bridgehead atoms. The van der Waals surface area contributed by atoms with Crippen LogP contribution in [-0.2, 0) is 9.59 Å². The van der Waals surface area contributed by atoms with Crippen LogP contribution >= 0.6 is 0 Å². The van der Waals surface area contributed by atoms with Crippen molar-refractivity contribution in [1.82, 2.24) is 15.5 Å². The molecule has 0 radical (unpaired) electrons. The standard InChI is InChI=1S/C14H17N3O2.C2H6/c1-9-3-5-11-12(7-9)16-17-14(11)10(8-18)4-6-13(19)15-2;1-2/h3,5,7-8,10H,4,6H2,1-2H3,(H,15,19)(H,16,17);1-2H3. The van der Waals surface area contributed by atoms with Crippen molar-refractivity contribution in [1.29, 1.82) is 0 Å². The summed E-state index contributed by atoms with van der Waals surface area (Å²) in [6.45, 7) is 6.00. The third-order valence-corrected chi connectivity index (χ3v) is 3.24. The Balaban J connectivity index is 0.00000106. The molecule has 2 aromatic rings. The van der Waals surface area contributed by atoms with Gasteiger partial charge >= 0.3 is 0 Å². The highest BCUT2D eigenvalue weighted by molar-refractivity contribution is 5.85. The summed E-state index contributed by atoms with van der Waals surface area (Å²) in [5.41, 5.74) is 2.76. The number of hydrogen-bond donors (Lipinski definition) is 2. The normalized spacial score (nSPS) is 11.4. The van der Waals surface area contributed by atoms with Crippen LogP contribution in [0.2, 0.25) is 0 Å². The van der Waals surface area contributed by atoms with Crippen molar-refractivity contribution in [3.05, 3.63) is 29.5 Å². The number of aromatic amines is 1. The number of nitrogens with zero attached hydrogens (tertiary/aromatic N) is 1. The predicted molar refractivity (Wildman–Crippen MR) is 84.3 cm³/mol. The fraction of sp³-hybridized carbons (Fsp3) is 0.438. The second-order valence-electron chi connectivity index (χ2n) is 4.61. The number of carbonyl (C=O) groups is 2. The van der Waals surface area contributed by atoms with E-state index in [1.165, 1.54) is 0 Å². The van der Waals surface area contributed by atoms with Crippen molar-refractivity contribution < 1.29 is 9.59 Å². The zero-order valence-electron chi connectivity index (χ0n) is 13.1. The van der Waals surface area contributed by atoms with E-state index in [1.54, 1.807) is 7.05 Å². The van der Waals surface area contributed by atoms with Crippen molar-refractivity contribution in [3.63, 3.8) is 0 Å². The van der Waals surface area contributed by atoms with Gasteiger partial charge in [-0.1, -0.05) is 26.0 Å². The third kappa shape index (κ3) is 4.15. The summed E-state index contributed by atoms with van der Waals surface area (Å²) in [5, 5.41) is 10.6. The Morgan fingerprint density at radius 1 is 1.43 bits per heavy atom. The number of amides is 1. The van der Waals surface area contributed by atoms with Gasteiger partial charge in [0.05, 0.1) is 17.1 Å². The monoisotopic (exact) mass is 289 g/mol. The van der Waals surface area contributed by atoms with Gasteiger partial charge in [0.1, 0.15) is 6.29 Å². The Bertz CT molecular complexity index is 605. The van der Waals surface area contributed by atoms with E-state index in [9.17, 15) is 9.59 Å². The lowest BCUT2D eigenvalue weighted by Crippen LogP contribution is -2.18. The number of aldehydes is 1. The second-order valence-corrected chi connectivity index (χ2v) is 4.61. The molecule has 0 saturated heterocycles. The molecule has 0 aliphatic carbocycles. The van der Waals surface area contributed by atoms with Gasteiger partial charge < -0.3 is 10.1 Å². The summed E-state index contributed by atoms with van der Waals surface area (Å²) in [5.74, 6) is -0.392. The zero-order valence-corrected chi connectivity index (χ0v) is 13.1. The van der Waals surface area contributed by atoms with Gasteiger partial charge in [0.25, 0.3) is 0 Å². The minimum atomic E-state index is -0.329. The minimum Gasteiger partial charge on any atom is -0.359 e. The number of rotatable bonds is 5. The molecular weight excluding hydrogens is 266 g/mol. The lowest BCUT2D eigenvalue weighted by atomic mass is 9.97. The summed E-state index contributed by atoms with van der Waals surface area (Å²) in [6, 6.07) is 5.91. The number of aromatic nitrogens is 2. The maximum Gasteiger partial charge on any atom is 0.219 e. The van der Waals surface area contributed by atoms with E-state index in [-0.39, 0.29) is 11.8 Å². The van der Waals surface area contributed by atoms with Crippen LogP contribution in [0.25, 0.3) is 10.9 Å². The fourth-order valence-electron chi connectivity index (χ4n) is 2.12.